The fraction of sp³-hybridized carbons (Fsp3) is 0.417. The summed E-state index contributed by atoms with van der Waals surface area (Å²) < 4.78 is 4.86. The topological polar surface area (TPSA) is 64.3 Å². The molecule has 1 aliphatic carbocycles. The van der Waals surface area contributed by atoms with Crippen molar-refractivity contribution < 1.29 is 9.53 Å². The summed E-state index contributed by atoms with van der Waals surface area (Å²) in [5, 5.41) is 0. The molecule has 2 rings (SSSR count). The summed E-state index contributed by atoms with van der Waals surface area (Å²) in [6.07, 6.45) is 2.58. The van der Waals surface area contributed by atoms with Crippen molar-refractivity contribution in [1.82, 2.24) is 5.43 Å². The first-order valence-corrected chi connectivity index (χ1v) is 5.39. The molecule has 0 saturated carbocycles. The lowest BCUT2D eigenvalue weighted by molar-refractivity contribution is -0.150. The Balaban J connectivity index is 0.00000144. The third kappa shape index (κ3) is 2.16. The van der Waals surface area contributed by atoms with Gasteiger partial charge in [0, 0.05) is 0 Å². The molecule has 0 radical (unpaired) electrons. The van der Waals surface area contributed by atoms with E-state index in [1.165, 1.54) is 7.11 Å². The Labute approximate surface area is 107 Å². The average molecular weight is 257 g/mol. The summed E-state index contributed by atoms with van der Waals surface area (Å²) in [7, 11) is 1.39. The maximum absolute atomic E-state index is 11.9. The van der Waals surface area contributed by atoms with Crippen LogP contribution >= 0.6 is 12.4 Å². The highest BCUT2D eigenvalue weighted by molar-refractivity contribution is 5.85. The molecule has 0 bridgehead atoms. The van der Waals surface area contributed by atoms with Crippen LogP contribution in [-0.4, -0.2) is 13.1 Å². The number of carbonyl (C=O) groups is 1. The van der Waals surface area contributed by atoms with Gasteiger partial charge in [0.15, 0.2) is 5.54 Å². The summed E-state index contributed by atoms with van der Waals surface area (Å²) in [6.45, 7) is 0. The van der Waals surface area contributed by atoms with Gasteiger partial charge in [-0.1, -0.05) is 24.3 Å². The molecule has 4 nitrogen and oxygen atoms in total. The molecule has 0 spiro atoms. The fourth-order valence-electron chi connectivity index (χ4n) is 2.43. The maximum atomic E-state index is 11.9. The maximum Gasteiger partial charge on any atom is 0.331 e. The van der Waals surface area contributed by atoms with Crippen LogP contribution in [-0.2, 0) is 21.5 Å². The molecule has 3 N–H and O–H groups in total. The molecule has 1 unspecified atom stereocenters. The first-order chi connectivity index (χ1) is 7.74. The minimum absolute atomic E-state index is 0. The van der Waals surface area contributed by atoms with E-state index in [-0.39, 0.29) is 18.4 Å². The number of hydrogen-bond acceptors (Lipinski definition) is 4. The van der Waals surface area contributed by atoms with E-state index in [2.05, 4.69) is 5.43 Å². The molecular formula is C12H17ClN2O2. The number of nitrogens with one attached hydrogen (secondary N) is 1. The van der Waals surface area contributed by atoms with Gasteiger partial charge in [-0.25, -0.2) is 10.2 Å². The van der Waals surface area contributed by atoms with Gasteiger partial charge in [-0.05, 0) is 30.4 Å². The van der Waals surface area contributed by atoms with Gasteiger partial charge < -0.3 is 4.74 Å². The zero-order valence-electron chi connectivity index (χ0n) is 9.73. The minimum atomic E-state index is -0.871. The van der Waals surface area contributed by atoms with Crippen LogP contribution in [0.2, 0.25) is 0 Å². The number of hydrazine groups is 1. The number of carbonyl (C=O) groups excluding carboxylic acids is 1. The predicted molar refractivity (Wildman–Crippen MR) is 67.6 cm³/mol. The summed E-state index contributed by atoms with van der Waals surface area (Å²) in [6, 6.07) is 7.86. The van der Waals surface area contributed by atoms with Crippen molar-refractivity contribution in [3.63, 3.8) is 0 Å². The number of esters is 1. The predicted octanol–water partition coefficient (Wildman–Crippen LogP) is 1.28. The van der Waals surface area contributed by atoms with Crippen molar-refractivity contribution in [2.75, 3.05) is 7.11 Å². The second-order valence-electron chi connectivity index (χ2n) is 4.05. The van der Waals surface area contributed by atoms with Crippen molar-refractivity contribution in [1.29, 1.82) is 0 Å². The first-order valence-electron chi connectivity index (χ1n) is 5.39. The summed E-state index contributed by atoms with van der Waals surface area (Å²) >= 11 is 0. The Kier molecular flexibility index (Phi) is 4.51. The Morgan fingerprint density at radius 3 is 2.82 bits per heavy atom. The highest BCUT2D eigenvalue weighted by Gasteiger charge is 2.43. The molecule has 5 heteroatoms. The van der Waals surface area contributed by atoms with E-state index in [9.17, 15) is 4.79 Å². The van der Waals surface area contributed by atoms with Crippen molar-refractivity contribution >= 4 is 18.4 Å². The number of halogens is 1. The van der Waals surface area contributed by atoms with E-state index >= 15 is 0 Å². The highest BCUT2D eigenvalue weighted by Crippen LogP contribution is 2.35. The van der Waals surface area contributed by atoms with E-state index in [1.54, 1.807) is 0 Å². The van der Waals surface area contributed by atoms with Gasteiger partial charge in [0.1, 0.15) is 0 Å². The summed E-state index contributed by atoms with van der Waals surface area (Å²) in [4.78, 5) is 11.9. The van der Waals surface area contributed by atoms with E-state index < -0.39 is 5.54 Å². The third-order valence-electron chi connectivity index (χ3n) is 3.26. The molecule has 94 valence electrons. The van der Waals surface area contributed by atoms with Gasteiger partial charge >= 0.3 is 5.97 Å². The third-order valence-corrected chi connectivity index (χ3v) is 3.26. The molecule has 1 aromatic rings. The van der Waals surface area contributed by atoms with Crippen LogP contribution in [0.4, 0.5) is 0 Å². The Morgan fingerprint density at radius 2 is 2.18 bits per heavy atom. The smallest absolute Gasteiger partial charge is 0.331 e. The number of fused-ring (bicyclic) bond motifs is 1. The van der Waals surface area contributed by atoms with Crippen LogP contribution in [0.3, 0.4) is 0 Å². The molecule has 0 saturated heterocycles. The largest absolute Gasteiger partial charge is 0.467 e. The summed E-state index contributed by atoms with van der Waals surface area (Å²) in [5.41, 5.74) is 3.88. The van der Waals surface area contributed by atoms with E-state index in [0.29, 0.717) is 6.42 Å². The van der Waals surface area contributed by atoms with Crippen molar-refractivity contribution in [2.24, 2.45) is 5.84 Å². The molecule has 0 amide bonds. The SMILES string of the molecule is COC(=O)C1(NN)CCCc2ccccc21.Cl. The van der Waals surface area contributed by atoms with Gasteiger partial charge in [-0.3, -0.25) is 5.84 Å². The zero-order chi connectivity index (χ0) is 11.6. The van der Waals surface area contributed by atoms with Crippen LogP contribution in [0.15, 0.2) is 24.3 Å². The highest BCUT2D eigenvalue weighted by atomic mass is 35.5. The fourth-order valence-corrected chi connectivity index (χ4v) is 2.43. The van der Waals surface area contributed by atoms with Crippen LogP contribution in [0.1, 0.15) is 24.0 Å². The van der Waals surface area contributed by atoms with Gasteiger partial charge in [0.05, 0.1) is 7.11 Å². The quantitative estimate of drug-likeness (QED) is 0.475. The lowest BCUT2D eigenvalue weighted by Gasteiger charge is -2.35. The number of ether oxygens (including phenoxy) is 1. The minimum Gasteiger partial charge on any atom is -0.467 e. The molecule has 1 aliphatic rings. The monoisotopic (exact) mass is 256 g/mol. The second-order valence-corrected chi connectivity index (χ2v) is 4.05. The van der Waals surface area contributed by atoms with E-state index in [0.717, 1.165) is 24.0 Å². The molecule has 0 fully saturated rings. The van der Waals surface area contributed by atoms with Crippen molar-refractivity contribution in [3.05, 3.63) is 35.4 Å². The second kappa shape index (κ2) is 5.49. The Hall–Kier alpha value is -1.10. The number of rotatable bonds is 2. The Morgan fingerprint density at radius 1 is 1.47 bits per heavy atom. The van der Waals surface area contributed by atoms with Crippen molar-refractivity contribution in [3.8, 4) is 0 Å². The molecule has 0 heterocycles. The number of aryl methyl sites for hydroxylation is 1. The number of methoxy groups -OCH3 is 1. The lowest BCUT2D eigenvalue weighted by atomic mass is 9.77. The standard InChI is InChI=1S/C12H16N2O2.ClH/c1-16-11(15)12(14-13)8-4-6-9-5-2-3-7-10(9)12;/h2-3,5,7,14H,4,6,8,13H2,1H3;1H. The molecule has 0 aromatic heterocycles. The molecule has 1 atom stereocenters. The van der Waals surface area contributed by atoms with E-state index in [1.807, 2.05) is 24.3 Å². The van der Waals surface area contributed by atoms with E-state index in [4.69, 9.17) is 10.6 Å². The molecule has 17 heavy (non-hydrogen) atoms. The van der Waals surface area contributed by atoms with Gasteiger partial charge in [0.2, 0.25) is 0 Å². The number of benzene rings is 1. The van der Waals surface area contributed by atoms with Crippen LogP contribution in [0, 0.1) is 0 Å². The van der Waals surface area contributed by atoms with Crippen LogP contribution in [0.25, 0.3) is 0 Å². The van der Waals surface area contributed by atoms with Crippen molar-refractivity contribution in [2.45, 2.75) is 24.8 Å². The number of hydrogen-bond donors (Lipinski definition) is 2. The Bertz CT molecular complexity index is 411. The van der Waals surface area contributed by atoms with Gasteiger partial charge in [0.25, 0.3) is 0 Å². The molecule has 1 aromatic carbocycles. The molecule has 0 aliphatic heterocycles. The zero-order valence-corrected chi connectivity index (χ0v) is 10.5. The first kappa shape index (κ1) is 14.0. The van der Waals surface area contributed by atoms with Crippen LogP contribution in [0.5, 0.6) is 0 Å². The van der Waals surface area contributed by atoms with Gasteiger partial charge in [-0.15, -0.1) is 12.4 Å². The average Bonchev–Trinajstić information content (AvgIpc) is 2.37. The van der Waals surface area contributed by atoms with Crippen LogP contribution < -0.4 is 11.3 Å². The lowest BCUT2D eigenvalue weighted by Crippen LogP contribution is -2.54. The van der Waals surface area contributed by atoms with Gasteiger partial charge in [-0.2, -0.15) is 0 Å². The molecular weight excluding hydrogens is 240 g/mol. The number of nitrogens with two attached hydrogens (primary N) is 1. The normalized spacial score (nSPS) is 22.2. The summed E-state index contributed by atoms with van der Waals surface area (Å²) in [5.74, 6) is 5.26.